The third-order valence-electron chi connectivity index (χ3n) is 6.47. The molecule has 0 aliphatic carbocycles. The lowest BCUT2D eigenvalue weighted by Crippen LogP contribution is -2.65. The maximum absolute atomic E-state index is 14.0. The van der Waals surface area contributed by atoms with E-state index in [2.05, 4.69) is 24.1 Å². The average molecular weight is 456 g/mol. The van der Waals surface area contributed by atoms with Crippen LogP contribution in [0.1, 0.15) is 48.4 Å². The molecule has 6 nitrogen and oxygen atoms in total. The topological polar surface area (TPSA) is 79.4 Å². The summed E-state index contributed by atoms with van der Waals surface area (Å²) in [4.78, 5) is 45.4. The number of carbonyl (C=O) groups is 3. The van der Waals surface area contributed by atoms with E-state index >= 15 is 0 Å². The number of hydrogen-bond acceptors (Lipinski definition) is 4. The lowest BCUT2D eigenvalue weighted by molar-refractivity contribution is -0.143. The zero-order valence-corrected chi connectivity index (χ0v) is 19.7. The van der Waals surface area contributed by atoms with Crippen LogP contribution in [0.3, 0.4) is 0 Å². The van der Waals surface area contributed by atoms with Crippen molar-refractivity contribution in [2.75, 3.05) is 4.90 Å². The molecule has 1 aliphatic heterocycles. The van der Waals surface area contributed by atoms with Crippen molar-refractivity contribution in [2.24, 2.45) is 5.41 Å². The number of hydrogen-bond donors (Lipinski definition) is 1. The van der Waals surface area contributed by atoms with Gasteiger partial charge in [-0.3, -0.25) is 19.9 Å². The number of aryl methyl sites for hydroxylation is 2. The van der Waals surface area contributed by atoms with Crippen LogP contribution in [0.25, 0.3) is 0 Å². The number of amides is 4. The molecule has 4 amide bonds. The van der Waals surface area contributed by atoms with E-state index in [0.29, 0.717) is 18.0 Å². The number of nitrogens with one attached hydrogen (secondary N) is 1. The van der Waals surface area contributed by atoms with Crippen molar-refractivity contribution in [3.63, 3.8) is 0 Å². The molecule has 174 valence electrons. The summed E-state index contributed by atoms with van der Waals surface area (Å²) < 4.78 is 0. The Hall–Kier alpha value is -3.80. The van der Waals surface area contributed by atoms with Crippen molar-refractivity contribution < 1.29 is 14.4 Å². The summed E-state index contributed by atoms with van der Waals surface area (Å²) in [6.45, 7) is 6.14. The fourth-order valence-electron chi connectivity index (χ4n) is 4.42. The Morgan fingerprint density at radius 2 is 1.65 bits per heavy atom. The van der Waals surface area contributed by atoms with Gasteiger partial charge in [0, 0.05) is 12.4 Å². The van der Waals surface area contributed by atoms with E-state index in [4.69, 9.17) is 0 Å². The molecule has 0 unspecified atom stereocenters. The van der Waals surface area contributed by atoms with Crippen LogP contribution in [0.2, 0.25) is 0 Å². The Morgan fingerprint density at radius 3 is 2.29 bits per heavy atom. The minimum Gasteiger partial charge on any atom is -0.276 e. The number of anilines is 1. The fraction of sp³-hybridized carbons (Fsp3) is 0.286. The van der Waals surface area contributed by atoms with Gasteiger partial charge < -0.3 is 0 Å². The SMILES string of the molecule is Cc1cccc(N2C(=O)NC(=O)[C@](CCc3ccncc3)(Cc3ccc(C(C)C)cc3)C2=O)c1. The molecule has 3 aromatic rings. The number of aromatic nitrogens is 1. The second kappa shape index (κ2) is 9.59. The van der Waals surface area contributed by atoms with E-state index in [1.165, 1.54) is 5.56 Å². The molecule has 1 fully saturated rings. The molecular weight excluding hydrogens is 426 g/mol. The van der Waals surface area contributed by atoms with Gasteiger partial charge in [-0.15, -0.1) is 0 Å². The van der Waals surface area contributed by atoms with Gasteiger partial charge in [-0.2, -0.15) is 0 Å². The molecule has 1 aliphatic rings. The van der Waals surface area contributed by atoms with Crippen molar-refractivity contribution in [3.05, 3.63) is 95.3 Å². The summed E-state index contributed by atoms with van der Waals surface area (Å²) in [5, 5.41) is 2.47. The lowest BCUT2D eigenvalue weighted by Gasteiger charge is -2.39. The molecular formula is C28H29N3O3. The number of barbiturate groups is 1. The van der Waals surface area contributed by atoms with Crippen molar-refractivity contribution in [2.45, 2.75) is 46.0 Å². The van der Waals surface area contributed by atoms with E-state index in [-0.39, 0.29) is 12.8 Å². The smallest absolute Gasteiger partial charge is 0.276 e. The predicted octanol–water partition coefficient (Wildman–Crippen LogP) is 4.96. The highest BCUT2D eigenvalue weighted by atomic mass is 16.2. The Balaban J connectivity index is 1.74. The molecule has 2 heterocycles. The Morgan fingerprint density at radius 1 is 0.941 bits per heavy atom. The highest BCUT2D eigenvalue weighted by Gasteiger charge is 2.53. The predicted molar refractivity (Wildman–Crippen MR) is 131 cm³/mol. The van der Waals surface area contributed by atoms with Gasteiger partial charge in [-0.05, 0) is 78.6 Å². The number of carbonyl (C=O) groups excluding carboxylic acids is 3. The number of rotatable bonds is 7. The first kappa shape index (κ1) is 23.4. The molecule has 0 spiro atoms. The first-order chi connectivity index (χ1) is 16.3. The van der Waals surface area contributed by atoms with Crippen LogP contribution < -0.4 is 10.2 Å². The fourth-order valence-corrected chi connectivity index (χ4v) is 4.42. The first-order valence-corrected chi connectivity index (χ1v) is 11.5. The van der Waals surface area contributed by atoms with Crippen LogP contribution in [0.5, 0.6) is 0 Å². The molecule has 1 atom stereocenters. The van der Waals surface area contributed by atoms with Crippen molar-refractivity contribution in [3.8, 4) is 0 Å². The van der Waals surface area contributed by atoms with Gasteiger partial charge >= 0.3 is 6.03 Å². The summed E-state index contributed by atoms with van der Waals surface area (Å²) in [5.41, 5.74) is 3.00. The highest BCUT2D eigenvalue weighted by Crippen LogP contribution is 2.37. The lowest BCUT2D eigenvalue weighted by atomic mass is 9.73. The maximum Gasteiger partial charge on any atom is 0.335 e. The number of nitrogens with zero attached hydrogens (tertiary/aromatic N) is 2. The zero-order valence-electron chi connectivity index (χ0n) is 19.7. The summed E-state index contributed by atoms with van der Waals surface area (Å²) in [6.07, 6.45) is 4.36. The van der Waals surface area contributed by atoms with E-state index in [9.17, 15) is 14.4 Å². The average Bonchev–Trinajstić information content (AvgIpc) is 2.82. The van der Waals surface area contributed by atoms with E-state index in [1.807, 2.05) is 49.4 Å². The maximum atomic E-state index is 14.0. The molecule has 1 saturated heterocycles. The van der Waals surface area contributed by atoms with Crippen LogP contribution in [-0.2, 0) is 22.4 Å². The molecule has 4 rings (SSSR count). The van der Waals surface area contributed by atoms with Gasteiger partial charge in [-0.1, -0.05) is 50.2 Å². The standard InChI is InChI=1S/C28H29N3O3/c1-19(2)23-9-7-22(8-10-23)18-28(14-11-21-12-15-29-16-13-21)25(32)30-27(34)31(26(28)33)24-6-4-5-20(3)17-24/h4-10,12-13,15-17,19H,11,14,18H2,1-3H3,(H,30,32,34)/t28-/m0/s1. The zero-order chi connectivity index (χ0) is 24.3. The minimum atomic E-state index is -1.42. The van der Waals surface area contributed by atoms with Crippen molar-refractivity contribution >= 4 is 23.5 Å². The molecule has 2 aromatic carbocycles. The number of pyridine rings is 1. The quantitative estimate of drug-likeness (QED) is 0.511. The molecule has 1 aromatic heterocycles. The second-order valence-corrected chi connectivity index (χ2v) is 9.25. The van der Waals surface area contributed by atoms with Gasteiger partial charge in [-0.25, -0.2) is 9.69 Å². The van der Waals surface area contributed by atoms with E-state index in [0.717, 1.165) is 21.6 Å². The second-order valence-electron chi connectivity index (χ2n) is 9.25. The summed E-state index contributed by atoms with van der Waals surface area (Å²) in [5.74, 6) is -0.661. The molecule has 0 bridgehead atoms. The number of benzene rings is 2. The van der Waals surface area contributed by atoms with Gasteiger partial charge in [0.25, 0.3) is 5.91 Å². The van der Waals surface area contributed by atoms with Gasteiger partial charge in [0.1, 0.15) is 5.41 Å². The third kappa shape index (κ3) is 4.62. The Labute approximate surface area is 200 Å². The molecule has 34 heavy (non-hydrogen) atoms. The van der Waals surface area contributed by atoms with Crippen LogP contribution in [0, 0.1) is 12.3 Å². The van der Waals surface area contributed by atoms with E-state index in [1.54, 1.807) is 30.6 Å². The molecule has 6 heteroatoms. The summed E-state index contributed by atoms with van der Waals surface area (Å²) in [7, 11) is 0. The molecule has 0 radical (unpaired) electrons. The van der Waals surface area contributed by atoms with Crippen LogP contribution >= 0.6 is 0 Å². The monoisotopic (exact) mass is 455 g/mol. The first-order valence-electron chi connectivity index (χ1n) is 11.5. The third-order valence-corrected chi connectivity index (χ3v) is 6.47. The normalized spacial score (nSPS) is 18.4. The summed E-state index contributed by atoms with van der Waals surface area (Å²) in [6, 6.07) is 18.2. The van der Waals surface area contributed by atoms with Crippen molar-refractivity contribution in [1.29, 1.82) is 0 Å². The van der Waals surface area contributed by atoms with Crippen LogP contribution in [-0.4, -0.2) is 22.8 Å². The number of urea groups is 1. The Bertz CT molecular complexity index is 1210. The minimum absolute atomic E-state index is 0.205. The van der Waals surface area contributed by atoms with Crippen molar-refractivity contribution in [1.82, 2.24) is 10.3 Å². The van der Waals surface area contributed by atoms with Gasteiger partial charge in [0.15, 0.2) is 0 Å². The van der Waals surface area contributed by atoms with Gasteiger partial charge in [0.05, 0.1) is 5.69 Å². The van der Waals surface area contributed by atoms with E-state index < -0.39 is 23.3 Å². The molecule has 0 saturated carbocycles. The van der Waals surface area contributed by atoms with Gasteiger partial charge in [0.2, 0.25) is 5.91 Å². The molecule has 1 N–H and O–H groups in total. The Kier molecular flexibility index (Phi) is 6.59. The van der Waals surface area contributed by atoms with Crippen LogP contribution in [0.4, 0.5) is 10.5 Å². The number of imide groups is 2. The summed E-state index contributed by atoms with van der Waals surface area (Å²) >= 11 is 0. The largest absolute Gasteiger partial charge is 0.335 e. The van der Waals surface area contributed by atoms with Crippen LogP contribution in [0.15, 0.2) is 73.1 Å². The highest BCUT2D eigenvalue weighted by molar-refractivity contribution is 6.30.